The number of fused-ring (bicyclic) bond motifs is 2. The molecule has 0 aliphatic heterocycles. The van der Waals surface area contributed by atoms with E-state index in [9.17, 15) is 14.0 Å². The summed E-state index contributed by atoms with van der Waals surface area (Å²) in [5, 5.41) is 0.133. The number of aromatic nitrogens is 2. The first-order valence-electron chi connectivity index (χ1n) is 7.94. The first kappa shape index (κ1) is 16.0. The smallest absolute Gasteiger partial charge is 0.269 e. The highest BCUT2D eigenvalue weighted by atomic mass is 19.1. The van der Waals surface area contributed by atoms with Gasteiger partial charge in [-0.25, -0.2) is 4.39 Å². The molecule has 2 heterocycles. The summed E-state index contributed by atoms with van der Waals surface area (Å²) in [6, 6.07) is 12.6. The van der Waals surface area contributed by atoms with Crippen LogP contribution in [0.1, 0.15) is 0 Å². The summed E-state index contributed by atoms with van der Waals surface area (Å²) < 4.78 is 21.2. The molecule has 0 unspecified atom stereocenters. The van der Waals surface area contributed by atoms with E-state index in [0.29, 0.717) is 11.0 Å². The molecule has 2 aromatic carbocycles. The van der Waals surface area contributed by atoms with E-state index in [2.05, 4.69) is 11.6 Å². The van der Waals surface area contributed by atoms with Crippen LogP contribution in [-0.2, 0) is 6.54 Å². The Balaban J connectivity index is 2.20. The molecule has 4 rings (SSSR count). The minimum absolute atomic E-state index is 0.0811. The van der Waals surface area contributed by atoms with Gasteiger partial charge in [-0.1, -0.05) is 30.3 Å². The molecular formula is C20H13FN2O3. The lowest BCUT2D eigenvalue weighted by molar-refractivity contribution is 0.620. The van der Waals surface area contributed by atoms with E-state index in [-0.39, 0.29) is 29.0 Å². The maximum Gasteiger partial charge on any atom is 0.269 e. The van der Waals surface area contributed by atoms with Gasteiger partial charge in [0.2, 0.25) is 11.1 Å². The molecule has 0 saturated heterocycles. The lowest BCUT2D eigenvalue weighted by atomic mass is 10.1. The molecule has 0 atom stereocenters. The largest absolute Gasteiger partial charge is 0.437 e. The molecular weight excluding hydrogens is 335 g/mol. The maximum atomic E-state index is 14.3. The molecule has 0 bridgehead atoms. The summed E-state index contributed by atoms with van der Waals surface area (Å²) in [4.78, 5) is 30.1. The van der Waals surface area contributed by atoms with E-state index in [4.69, 9.17) is 4.42 Å². The van der Waals surface area contributed by atoms with Gasteiger partial charge in [0.15, 0.2) is 5.39 Å². The van der Waals surface area contributed by atoms with Crippen LogP contribution in [-0.4, -0.2) is 9.55 Å². The van der Waals surface area contributed by atoms with Crippen molar-refractivity contribution in [3.05, 3.63) is 87.6 Å². The van der Waals surface area contributed by atoms with Crippen molar-refractivity contribution in [1.29, 1.82) is 0 Å². The van der Waals surface area contributed by atoms with Crippen LogP contribution >= 0.6 is 0 Å². The summed E-state index contributed by atoms with van der Waals surface area (Å²) in [7, 11) is 0. The van der Waals surface area contributed by atoms with Crippen molar-refractivity contribution >= 4 is 22.1 Å². The highest BCUT2D eigenvalue weighted by molar-refractivity contribution is 5.88. The van der Waals surface area contributed by atoms with Gasteiger partial charge in [-0.05, 0) is 24.3 Å². The Labute approximate surface area is 146 Å². The van der Waals surface area contributed by atoms with Crippen molar-refractivity contribution in [2.75, 3.05) is 0 Å². The van der Waals surface area contributed by atoms with Gasteiger partial charge in [0.1, 0.15) is 17.2 Å². The highest BCUT2D eigenvalue weighted by Gasteiger charge is 2.19. The molecule has 0 aliphatic rings. The molecule has 0 N–H and O–H groups in total. The molecule has 26 heavy (non-hydrogen) atoms. The van der Waals surface area contributed by atoms with Gasteiger partial charge < -0.3 is 4.42 Å². The number of para-hydroxylation sites is 1. The number of allylic oxidation sites excluding steroid dienone is 1. The topological polar surface area (TPSA) is 65.1 Å². The molecule has 0 aliphatic carbocycles. The van der Waals surface area contributed by atoms with Gasteiger partial charge in [-0.3, -0.25) is 14.2 Å². The SMILES string of the molecule is C=CCn1c(-c2ccccc2F)nc2oc3ccccc3c(=O)c2c1=O. The minimum atomic E-state index is -0.590. The monoisotopic (exact) mass is 348 g/mol. The second-order valence-corrected chi connectivity index (χ2v) is 5.73. The predicted octanol–water partition coefficient (Wildman–Crippen LogP) is 3.50. The second-order valence-electron chi connectivity index (χ2n) is 5.73. The molecule has 0 radical (unpaired) electrons. The Kier molecular flexibility index (Phi) is 3.73. The Morgan fingerprint density at radius 2 is 1.85 bits per heavy atom. The fourth-order valence-electron chi connectivity index (χ4n) is 2.93. The zero-order valence-corrected chi connectivity index (χ0v) is 13.6. The van der Waals surface area contributed by atoms with Gasteiger partial charge in [0.05, 0.1) is 10.9 Å². The van der Waals surface area contributed by atoms with Gasteiger partial charge in [0, 0.05) is 6.54 Å². The number of hydrogen-bond acceptors (Lipinski definition) is 4. The summed E-state index contributed by atoms with van der Waals surface area (Å²) in [6.07, 6.45) is 1.49. The van der Waals surface area contributed by atoms with Crippen molar-refractivity contribution in [2.45, 2.75) is 6.54 Å². The molecule has 5 nitrogen and oxygen atoms in total. The molecule has 6 heteroatoms. The summed E-state index contributed by atoms with van der Waals surface area (Å²) in [5.74, 6) is -0.446. The lowest BCUT2D eigenvalue weighted by Gasteiger charge is -2.12. The fourth-order valence-corrected chi connectivity index (χ4v) is 2.93. The third-order valence-corrected chi connectivity index (χ3v) is 4.13. The average Bonchev–Trinajstić information content (AvgIpc) is 2.64. The molecule has 2 aromatic heterocycles. The van der Waals surface area contributed by atoms with Gasteiger partial charge in [-0.2, -0.15) is 4.98 Å². The van der Waals surface area contributed by atoms with Crippen molar-refractivity contribution in [1.82, 2.24) is 9.55 Å². The van der Waals surface area contributed by atoms with Gasteiger partial charge >= 0.3 is 0 Å². The first-order valence-corrected chi connectivity index (χ1v) is 7.94. The Hall–Kier alpha value is -3.54. The summed E-state index contributed by atoms with van der Waals surface area (Å²) >= 11 is 0. The molecule has 0 saturated carbocycles. The highest BCUT2D eigenvalue weighted by Crippen LogP contribution is 2.22. The molecule has 4 aromatic rings. The van der Waals surface area contributed by atoms with Crippen molar-refractivity contribution in [3.8, 4) is 11.4 Å². The summed E-state index contributed by atoms with van der Waals surface area (Å²) in [6.45, 7) is 3.70. The Morgan fingerprint density at radius 1 is 1.12 bits per heavy atom. The molecule has 0 spiro atoms. The average molecular weight is 348 g/mol. The van der Waals surface area contributed by atoms with E-state index >= 15 is 0 Å². The molecule has 0 amide bonds. The van der Waals surface area contributed by atoms with Crippen LogP contribution in [0.4, 0.5) is 4.39 Å². The zero-order chi connectivity index (χ0) is 18.3. The quantitative estimate of drug-likeness (QED) is 0.420. The third-order valence-electron chi connectivity index (χ3n) is 4.13. The first-order chi connectivity index (χ1) is 12.6. The number of halogens is 1. The van der Waals surface area contributed by atoms with Crippen molar-refractivity contribution in [2.24, 2.45) is 0 Å². The fraction of sp³-hybridized carbons (Fsp3) is 0.0500. The van der Waals surface area contributed by atoms with E-state index in [1.54, 1.807) is 36.4 Å². The van der Waals surface area contributed by atoms with Crippen molar-refractivity contribution in [3.63, 3.8) is 0 Å². The Morgan fingerprint density at radius 3 is 2.62 bits per heavy atom. The van der Waals surface area contributed by atoms with Crippen LogP contribution in [0, 0.1) is 5.82 Å². The van der Waals surface area contributed by atoms with Crippen LogP contribution < -0.4 is 11.0 Å². The van der Waals surface area contributed by atoms with Crippen LogP contribution in [0.3, 0.4) is 0 Å². The number of rotatable bonds is 3. The maximum absolute atomic E-state index is 14.3. The Bertz CT molecular complexity index is 1290. The van der Waals surface area contributed by atoms with Crippen LogP contribution in [0.2, 0.25) is 0 Å². The normalized spacial score (nSPS) is 11.1. The van der Waals surface area contributed by atoms with E-state index in [1.807, 2.05) is 0 Å². The van der Waals surface area contributed by atoms with E-state index in [1.165, 1.54) is 22.8 Å². The van der Waals surface area contributed by atoms with E-state index in [0.717, 1.165) is 0 Å². The number of benzene rings is 2. The number of nitrogens with zero attached hydrogens (tertiary/aromatic N) is 2. The van der Waals surface area contributed by atoms with E-state index < -0.39 is 16.8 Å². The van der Waals surface area contributed by atoms with Crippen LogP contribution in [0.25, 0.3) is 33.5 Å². The lowest BCUT2D eigenvalue weighted by Crippen LogP contribution is -2.27. The predicted molar refractivity (Wildman–Crippen MR) is 97.6 cm³/mol. The van der Waals surface area contributed by atoms with Gasteiger partial charge in [0.25, 0.3) is 5.56 Å². The summed E-state index contributed by atoms with van der Waals surface area (Å²) in [5.41, 5.74) is -0.704. The third kappa shape index (κ3) is 2.35. The number of hydrogen-bond donors (Lipinski definition) is 0. The standard InChI is InChI=1S/C20H13FN2O3/c1-2-11-23-18(12-7-3-5-9-14(12)21)22-19-16(20(23)25)17(24)13-8-4-6-10-15(13)26-19/h2-10H,1,11H2. The molecule has 128 valence electrons. The second kappa shape index (κ2) is 6.07. The minimum Gasteiger partial charge on any atom is -0.437 e. The molecule has 0 fully saturated rings. The zero-order valence-electron chi connectivity index (χ0n) is 13.6. The van der Waals surface area contributed by atoms with Gasteiger partial charge in [-0.15, -0.1) is 6.58 Å². The van der Waals surface area contributed by atoms with Crippen LogP contribution in [0.5, 0.6) is 0 Å². The van der Waals surface area contributed by atoms with Crippen LogP contribution in [0.15, 0.2) is 75.2 Å². The van der Waals surface area contributed by atoms with Crippen molar-refractivity contribution < 1.29 is 8.81 Å².